The molecule has 0 amide bonds. The minimum Gasteiger partial charge on any atom is -0.207 e. The summed E-state index contributed by atoms with van der Waals surface area (Å²) in [6.45, 7) is 2.22. The van der Waals surface area contributed by atoms with Crippen LogP contribution in [0.15, 0.2) is 66.7 Å². The van der Waals surface area contributed by atoms with E-state index in [0.29, 0.717) is 11.1 Å². The molecule has 0 bridgehead atoms. The van der Waals surface area contributed by atoms with Crippen LogP contribution in [0.1, 0.15) is 44.6 Å². The van der Waals surface area contributed by atoms with E-state index in [4.69, 9.17) is 0 Å². The number of rotatable bonds is 8. The van der Waals surface area contributed by atoms with Gasteiger partial charge < -0.3 is 0 Å². The van der Waals surface area contributed by atoms with E-state index < -0.39 is 0 Å². The Morgan fingerprint density at radius 1 is 0.667 bits per heavy atom. The maximum Gasteiger partial charge on any atom is 0.131 e. The first-order valence-corrected chi connectivity index (χ1v) is 9.83. The Hall–Kier alpha value is -2.48. The van der Waals surface area contributed by atoms with Gasteiger partial charge in [0.1, 0.15) is 11.6 Å². The summed E-state index contributed by atoms with van der Waals surface area (Å²) in [6.07, 6.45) is 7.37. The Kier molecular flexibility index (Phi) is 6.75. The van der Waals surface area contributed by atoms with Gasteiger partial charge in [0, 0.05) is 5.56 Å². The van der Waals surface area contributed by atoms with Gasteiger partial charge in [0.05, 0.1) is 0 Å². The summed E-state index contributed by atoms with van der Waals surface area (Å²) in [4.78, 5) is 0. The monoisotopic (exact) mass is 364 g/mol. The minimum absolute atomic E-state index is 0.297. The molecule has 0 unspecified atom stereocenters. The van der Waals surface area contributed by atoms with Crippen LogP contribution >= 0.6 is 0 Å². The van der Waals surface area contributed by atoms with Crippen LogP contribution in [0.25, 0.3) is 22.3 Å². The van der Waals surface area contributed by atoms with E-state index in [2.05, 4.69) is 19.1 Å². The third-order valence-electron chi connectivity index (χ3n) is 4.98. The van der Waals surface area contributed by atoms with Crippen LogP contribution in [0, 0.1) is 11.6 Å². The Morgan fingerprint density at radius 2 is 1.41 bits per heavy atom. The zero-order valence-electron chi connectivity index (χ0n) is 15.8. The summed E-state index contributed by atoms with van der Waals surface area (Å²) in [5, 5.41) is 0. The smallest absolute Gasteiger partial charge is 0.131 e. The molecule has 0 spiro atoms. The van der Waals surface area contributed by atoms with Crippen molar-refractivity contribution in [1.82, 2.24) is 0 Å². The van der Waals surface area contributed by atoms with Gasteiger partial charge in [-0.1, -0.05) is 81.1 Å². The number of benzene rings is 3. The molecule has 2 heteroatoms. The van der Waals surface area contributed by atoms with Crippen LogP contribution in [0.2, 0.25) is 0 Å². The Bertz CT molecular complexity index is 866. The van der Waals surface area contributed by atoms with Gasteiger partial charge in [-0.05, 0) is 53.3 Å². The molecule has 27 heavy (non-hydrogen) atoms. The number of halogens is 2. The third-order valence-corrected chi connectivity index (χ3v) is 4.98. The molecule has 140 valence electrons. The number of hydrogen-bond acceptors (Lipinski definition) is 0. The van der Waals surface area contributed by atoms with Crippen molar-refractivity contribution in [2.75, 3.05) is 0 Å². The molecule has 0 heterocycles. The lowest BCUT2D eigenvalue weighted by Gasteiger charge is -2.12. The summed E-state index contributed by atoms with van der Waals surface area (Å²) in [6, 6.07) is 19.4. The first-order chi connectivity index (χ1) is 13.2. The van der Waals surface area contributed by atoms with Gasteiger partial charge in [0.25, 0.3) is 0 Å². The SMILES string of the molecule is CCCCCCCc1ccc(-c2cc(F)ccc2-c2ccccc2F)cc1. The number of unbranched alkanes of at least 4 members (excludes halogenated alkanes) is 4. The highest BCUT2D eigenvalue weighted by atomic mass is 19.1. The van der Waals surface area contributed by atoms with Crippen molar-refractivity contribution >= 4 is 0 Å². The van der Waals surface area contributed by atoms with Gasteiger partial charge >= 0.3 is 0 Å². The van der Waals surface area contributed by atoms with Crippen molar-refractivity contribution < 1.29 is 8.78 Å². The molecule has 0 aliphatic carbocycles. The van der Waals surface area contributed by atoms with Crippen LogP contribution in [-0.4, -0.2) is 0 Å². The molecule has 3 rings (SSSR count). The molecule has 0 radical (unpaired) electrons. The van der Waals surface area contributed by atoms with Gasteiger partial charge in [-0.15, -0.1) is 0 Å². The molecule has 0 aliphatic rings. The average molecular weight is 364 g/mol. The molecule has 3 aromatic carbocycles. The summed E-state index contributed by atoms with van der Waals surface area (Å²) in [7, 11) is 0. The Labute approximate surface area is 160 Å². The minimum atomic E-state index is -0.315. The van der Waals surface area contributed by atoms with E-state index >= 15 is 0 Å². The van der Waals surface area contributed by atoms with Crippen LogP contribution in [0.4, 0.5) is 8.78 Å². The van der Waals surface area contributed by atoms with Crippen molar-refractivity contribution in [1.29, 1.82) is 0 Å². The second kappa shape index (κ2) is 9.45. The van der Waals surface area contributed by atoms with E-state index in [1.54, 1.807) is 24.3 Å². The van der Waals surface area contributed by atoms with E-state index in [0.717, 1.165) is 17.5 Å². The highest BCUT2D eigenvalue weighted by Gasteiger charge is 2.12. The van der Waals surface area contributed by atoms with Crippen LogP contribution in [-0.2, 0) is 6.42 Å². The van der Waals surface area contributed by atoms with E-state index in [-0.39, 0.29) is 11.6 Å². The number of aryl methyl sites for hydroxylation is 1. The molecule has 0 saturated heterocycles. The van der Waals surface area contributed by atoms with Crippen LogP contribution in [0.3, 0.4) is 0 Å². The van der Waals surface area contributed by atoms with Crippen molar-refractivity contribution in [2.45, 2.75) is 45.4 Å². The lowest BCUT2D eigenvalue weighted by molar-refractivity contribution is 0.626. The first-order valence-electron chi connectivity index (χ1n) is 9.83. The average Bonchev–Trinajstić information content (AvgIpc) is 2.69. The highest BCUT2D eigenvalue weighted by molar-refractivity contribution is 5.83. The summed E-state index contributed by atoms with van der Waals surface area (Å²) in [5.74, 6) is -0.612. The van der Waals surface area contributed by atoms with E-state index in [9.17, 15) is 8.78 Å². The molecule has 0 fully saturated rings. The van der Waals surface area contributed by atoms with Gasteiger partial charge in [0.15, 0.2) is 0 Å². The first kappa shape index (κ1) is 19.3. The molecule has 0 nitrogen and oxygen atoms in total. The molecule has 0 atom stereocenters. The zero-order chi connectivity index (χ0) is 19.1. The van der Waals surface area contributed by atoms with Gasteiger partial charge in [0.2, 0.25) is 0 Å². The van der Waals surface area contributed by atoms with E-state index in [1.165, 1.54) is 55.9 Å². The topological polar surface area (TPSA) is 0 Å². The molecule has 0 aromatic heterocycles. The molecule has 0 N–H and O–H groups in total. The Balaban J connectivity index is 1.82. The van der Waals surface area contributed by atoms with Crippen molar-refractivity contribution in [2.24, 2.45) is 0 Å². The summed E-state index contributed by atoms with van der Waals surface area (Å²) >= 11 is 0. The normalized spacial score (nSPS) is 10.9. The second-order valence-corrected chi connectivity index (χ2v) is 7.03. The molecular formula is C25H26F2. The predicted molar refractivity (Wildman–Crippen MR) is 110 cm³/mol. The number of hydrogen-bond donors (Lipinski definition) is 0. The molecule has 0 saturated carbocycles. The fourth-order valence-corrected chi connectivity index (χ4v) is 3.45. The predicted octanol–water partition coefficient (Wildman–Crippen LogP) is 7.81. The van der Waals surface area contributed by atoms with Gasteiger partial charge in [-0.3, -0.25) is 0 Å². The van der Waals surface area contributed by atoms with Gasteiger partial charge in [-0.25, -0.2) is 8.78 Å². The fraction of sp³-hybridized carbons (Fsp3) is 0.280. The maximum absolute atomic E-state index is 14.3. The molecule has 3 aromatic rings. The summed E-state index contributed by atoms with van der Waals surface area (Å²) < 4.78 is 28.2. The van der Waals surface area contributed by atoms with Crippen LogP contribution in [0.5, 0.6) is 0 Å². The standard InChI is InChI=1S/C25H26F2/c1-2-3-4-5-6-9-19-12-14-20(15-13-19)24-18-21(26)16-17-22(24)23-10-7-8-11-25(23)27/h7-8,10-18H,2-6,9H2,1H3. The highest BCUT2D eigenvalue weighted by Crippen LogP contribution is 2.34. The van der Waals surface area contributed by atoms with Crippen molar-refractivity contribution in [3.05, 3.63) is 83.9 Å². The molecular weight excluding hydrogens is 338 g/mol. The summed E-state index contributed by atoms with van der Waals surface area (Å²) in [5.41, 5.74) is 4.12. The van der Waals surface area contributed by atoms with Gasteiger partial charge in [-0.2, -0.15) is 0 Å². The van der Waals surface area contributed by atoms with Crippen LogP contribution < -0.4 is 0 Å². The lowest BCUT2D eigenvalue weighted by atomic mass is 9.93. The van der Waals surface area contributed by atoms with Crippen molar-refractivity contribution in [3.63, 3.8) is 0 Å². The van der Waals surface area contributed by atoms with E-state index in [1.807, 2.05) is 12.1 Å². The maximum atomic E-state index is 14.3. The molecule has 0 aliphatic heterocycles. The zero-order valence-corrected chi connectivity index (χ0v) is 15.8. The fourth-order valence-electron chi connectivity index (χ4n) is 3.45. The second-order valence-electron chi connectivity index (χ2n) is 7.03. The van der Waals surface area contributed by atoms with Crippen molar-refractivity contribution in [3.8, 4) is 22.3 Å². The Morgan fingerprint density at radius 3 is 2.15 bits per heavy atom. The lowest BCUT2D eigenvalue weighted by Crippen LogP contribution is -1.91. The third kappa shape index (κ3) is 5.03. The largest absolute Gasteiger partial charge is 0.207 e. The quantitative estimate of drug-likeness (QED) is 0.357.